The van der Waals surface area contributed by atoms with Gasteiger partial charge in [-0.3, -0.25) is 9.69 Å². The SMILES string of the molecule is CNc1ccc(-c2ccnc3c2cc(CN2CCN(c4ccc(C(=O)N(C)C)cn4)CC2)n3C)nn1. The fourth-order valence-corrected chi connectivity index (χ4v) is 4.58. The summed E-state index contributed by atoms with van der Waals surface area (Å²) < 4.78 is 2.17. The highest BCUT2D eigenvalue weighted by Gasteiger charge is 2.21. The van der Waals surface area contributed by atoms with Crippen LogP contribution in [0.15, 0.2) is 48.8 Å². The zero-order valence-electron chi connectivity index (χ0n) is 21.1. The molecule has 1 aliphatic heterocycles. The molecule has 10 heteroatoms. The number of anilines is 2. The van der Waals surface area contributed by atoms with Crippen LogP contribution in [0, 0.1) is 0 Å². The van der Waals surface area contributed by atoms with E-state index >= 15 is 0 Å². The molecule has 5 rings (SSSR count). The number of amides is 1. The fourth-order valence-electron chi connectivity index (χ4n) is 4.58. The van der Waals surface area contributed by atoms with Crippen LogP contribution in [-0.4, -0.2) is 87.8 Å². The molecule has 1 N–H and O–H groups in total. The van der Waals surface area contributed by atoms with Crippen molar-refractivity contribution in [2.45, 2.75) is 6.54 Å². The summed E-state index contributed by atoms with van der Waals surface area (Å²) in [6.07, 6.45) is 3.50. The van der Waals surface area contributed by atoms with Crippen molar-refractivity contribution < 1.29 is 4.79 Å². The van der Waals surface area contributed by atoms with Crippen LogP contribution in [0.2, 0.25) is 0 Å². The number of rotatable bonds is 6. The normalized spacial score (nSPS) is 14.3. The third-order valence-corrected chi connectivity index (χ3v) is 6.71. The number of hydrogen-bond donors (Lipinski definition) is 1. The van der Waals surface area contributed by atoms with Crippen molar-refractivity contribution in [3.63, 3.8) is 0 Å². The van der Waals surface area contributed by atoms with Gasteiger partial charge in [-0.15, -0.1) is 10.2 Å². The second kappa shape index (κ2) is 9.90. The molecule has 4 aromatic rings. The molecule has 0 atom stereocenters. The Morgan fingerprint density at radius 2 is 1.83 bits per heavy atom. The highest BCUT2D eigenvalue weighted by atomic mass is 16.2. The van der Waals surface area contributed by atoms with Gasteiger partial charge in [0.25, 0.3) is 5.91 Å². The van der Waals surface area contributed by atoms with Gasteiger partial charge in [0, 0.05) is 90.0 Å². The lowest BCUT2D eigenvalue weighted by Crippen LogP contribution is -2.46. The van der Waals surface area contributed by atoms with Crippen molar-refractivity contribution >= 4 is 28.6 Å². The summed E-state index contributed by atoms with van der Waals surface area (Å²) in [4.78, 5) is 27.6. The molecule has 0 aliphatic carbocycles. The lowest BCUT2D eigenvalue weighted by Gasteiger charge is -2.35. The van der Waals surface area contributed by atoms with E-state index in [1.54, 1.807) is 25.2 Å². The zero-order chi connectivity index (χ0) is 25.2. The van der Waals surface area contributed by atoms with Crippen molar-refractivity contribution in [1.82, 2.24) is 34.5 Å². The highest BCUT2D eigenvalue weighted by molar-refractivity contribution is 5.94. The summed E-state index contributed by atoms with van der Waals surface area (Å²) in [5, 5.41) is 12.7. The number of carbonyl (C=O) groups excluding carboxylic acids is 1. The molecule has 186 valence electrons. The molecule has 0 saturated carbocycles. The number of fused-ring (bicyclic) bond motifs is 1. The van der Waals surface area contributed by atoms with Crippen molar-refractivity contribution in [2.24, 2.45) is 7.05 Å². The largest absolute Gasteiger partial charge is 0.372 e. The molecule has 0 aromatic carbocycles. The van der Waals surface area contributed by atoms with Gasteiger partial charge in [0.15, 0.2) is 0 Å². The summed E-state index contributed by atoms with van der Waals surface area (Å²) in [6.45, 7) is 4.47. The minimum Gasteiger partial charge on any atom is -0.372 e. The molecule has 10 nitrogen and oxygen atoms in total. The van der Waals surface area contributed by atoms with Crippen LogP contribution in [0.5, 0.6) is 0 Å². The van der Waals surface area contributed by atoms with E-state index in [-0.39, 0.29) is 5.91 Å². The van der Waals surface area contributed by atoms with Crippen LogP contribution in [0.1, 0.15) is 16.1 Å². The van der Waals surface area contributed by atoms with Gasteiger partial charge in [0.2, 0.25) is 0 Å². The molecule has 1 amide bonds. The summed E-state index contributed by atoms with van der Waals surface area (Å²) in [7, 11) is 7.40. The van der Waals surface area contributed by atoms with Gasteiger partial charge in [0.05, 0.1) is 11.3 Å². The van der Waals surface area contributed by atoms with Gasteiger partial charge < -0.3 is 19.7 Å². The topological polar surface area (TPSA) is 95.3 Å². The van der Waals surface area contributed by atoms with Gasteiger partial charge in [-0.2, -0.15) is 0 Å². The van der Waals surface area contributed by atoms with E-state index in [0.717, 1.165) is 66.7 Å². The first-order chi connectivity index (χ1) is 17.4. The first-order valence-electron chi connectivity index (χ1n) is 12.0. The van der Waals surface area contributed by atoms with Gasteiger partial charge in [-0.25, -0.2) is 9.97 Å². The van der Waals surface area contributed by atoms with Crippen LogP contribution in [0.4, 0.5) is 11.6 Å². The highest BCUT2D eigenvalue weighted by Crippen LogP contribution is 2.29. The van der Waals surface area contributed by atoms with Crippen molar-refractivity contribution in [1.29, 1.82) is 0 Å². The summed E-state index contributed by atoms with van der Waals surface area (Å²) in [5.41, 5.74) is 4.62. The number of aromatic nitrogens is 5. The smallest absolute Gasteiger partial charge is 0.254 e. The lowest BCUT2D eigenvalue weighted by atomic mass is 10.1. The Hall–Kier alpha value is -4.05. The third kappa shape index (κ3) is 4.59. The Kier molecular flexibility index (Phi) is 6.51. The quantitative estimate of drug-likeness (QED) is 0.445. The number of hydrogen-bond acceptors (Lipinski definition) is 8. The Morgan fingerprint density at radius 1 is 1.03 bits per heavy atom. The molecule has 1 fully saturated rings. The maximum atomic E-state index is 12.1. The molecule has 0 bridgehead atoms. The molecule has 0 spiro atoms. The van der Waals surface area contributed by atoms with Crippen molar-refractivity contribution in [3.05, 3.63) is 60.0 Å². The number of piperazine rings is 1. The second-order valence-corrected chi connectivity index (χ2v) is 9.21. The number of pyridine rings is 2. The van der Waals surface area contributed by atoms with Crippen LogP contribution < -0.4 is 10.2 Å². The Morgan fingerprint density at radius 3 is 2.47 bits per heavy atom. The second-order valence-electron chi connectivity index (χ2n) is 9.21. The number of nitrogens with zero attached hydrogens (tertiary/aromatic N) is 8. The number of aryl methyl sites for hydroxylation is 1. The standard InChI is InChI=1S/C26H31N9O/c1-27-23-7-6-22(30-31-23)20-9-10-28-25-21(20)15-19(33(25)4)17-34-11-13-35(14-12-34)24-8-5-18(16-29-24)26(36)32(2)3/h5-10,15-16H,11-14,17H2,1-4H3,(H,27,31). The molecular formula is C26H31N9O. The lowest BCUT2D eigenvalue weighted by molar-refractivity contribution is 0.0827. The molecule has 1 saturated heterocycles. The van der Waals surface area contributed by atoms with E-state index in [1.807, 2.05) is 43.6 Å². The van der Waals surface area contributed by atoms with Crippen LogP contribution in [0.25, 0.3) is 22.3 Å². The van der Waals surface area contributed by atoms with Gasteiger partial charge >= 0.3 is 0 Å². The zero-order valence-corrected chi connectivity index (χ0v) is 21.1. The van der Waals surface area contributed by atoms with Gasteiger partial charge in [-0.05, 0) is 36.4 Å². The molecular weight excluding hydrogens is 454 g/mol. The van der Waals surface area contributed by atoms with E-state index in [4.69, 9.17) is 0 Å². The number of nitrogens with one attached hydrogen (secondary N) is 1. The molecule has 36 heavy (non-hydrogen) atoms. The van der Waals surface area contributed by atoms with E-state index in [0.29, 0.717) is 5.56 Å². The minimum absolute atomic E-state index is 0.0338. The molecule has 4 aromatic heterocycles. The monoisotopic (exact) mass is 485 g/mol. The Balaban J connectivity index is 1.28. The van der Waals surface area contributed by atoms with E-state index in [2.05, 4.69) is 53.0 Å². The predicted molar refractivity (Wildman–Crippen MR) is 141 cm³/mol. The third-order valence-electron chi connectivity index (χ3n) is 6.71. The minimum atomic E-state index is -0.0338. The molecule has 5 heterocycles. The van der Waals surface area contributed by atoms with E-state index in [1.165, 1.54) is 5.69 Å². The van der Waals surface area contributed by atoms with E-state index < -0.39 is 0 Å². The maximum absolute atomic E-state index is 12.1. The first kappa shape index (κ1) is 23.7. The first-order valence-corrected chi connectivity index (χ1v) is 12.0. The summed E-state index contributed by atoms with van der Waals surface area (Å²) >= 11 is 0. The van der Waals surface area contributed by atoms with Gasteiger partial charge in [-0.1, -0.05) is 0 Å². The van der Waals surface area contributed by atoms with Crippen LogP contribution >= 0.6 is 0 Å². The summed E-state index contributed by atoms with van der Waals surface area (Å²) in [5.74, 6) is 1.62. The molecule has 0 radical (unpaired) electrons. The molecule has 1 aliphatic rings. The molecule has 0 unspecified atom stereocenters. The Bertz CT molecular complexity index is 1350. The maximum Gasteiger partial charge on any atom is 0.254 e. The van der Waals surface area contributed by atoms with Crippen molar-refractivity contribution in [2.75, 3.05) is 57.5 Å². The Labute approximate surface area is 210 Å². The summed E-state index contributed by atoms with van der Waals surface area (Å²) in [6, 6.07) is 11.9. The van der Waals surface area contributed by atoms with Crippen LogP contribution in [0.3, 0.4) is 0 Å². The number of carbonyl (C=O) groups is 1. The van der Waals surface area contributed by atoms with E-state index in [9.17, 15) is 4.79 Å². The average molecular weight is 486 g/mol. The fraction of sp³-hybridized carbons (Fsp3) is 0.346. The van der Waals surface area contributed by atoms with Crippen LogP contribution in [-0.2, 0) is 13.6 Å². The average Bonchev–Trinajstić information content (AvgIpc) is 3.24. The predicted octanol–water partition coefficient (Wildman–Crippen LogP) is 2.49. The van der Waals surface area contributed by atoms with Gasteiger partial charge in [0.1, 0.15) is 17.3 Å². The van der Waals surface area contributed by atoms with Crippen molar-refractivity contribution in [3.8, 4) is 11.3 Å².